The molecule has 0 aliphatic heterocycles. The van der Waals surface area contributed by atoms with Gasteiger partial charge in [-0.2, -0.15) is 0 Å². The standard InChI is InChI=1S/C16H20N2O2S/c1-2-3-13-6-10-16(11-7-13)21(19,20)18-12-14-4-8-15(17)9-5-14/h4-11,18H,2-3,12,17H2,1H3. The molecule has 0 saturated carbocycles. The number of hydrogen-bond acceptors (Lipinski definition) is 3. The van der Waals surface area contributed by atoms with E-state index in [0.29, 0.717) is 5.69 Å². The fraction of sp³-hybridized carbons (Fsp3) is 0.250. The lowest BCUT2D eigenvalue weighted by Gasteiger charge is -2.08. The van der Waals surface area contributed by atoms with Crippen LogP contribution in [-0.4, -0.2) is 8.42 Å². The maximum atomic E-state index is 12.2. The molecule has 0 radical (unpaired) electrons. The Kier molecular flexibility index (Phi) is 4.98. The average Bonchev–Trinajstić information content (AvgIpc) is 2.48. The van der Waals surface area contributed by atoms with E-state index in [0.717, 1.165) is 24.0 Å². The Morgan fingerprint density at radius 2 is 1.52 bits per heavy atom. The van der Waals surface area contributed by atoms with Crippen molar-refractivity contribution in [1.82, 2.24) is 4.72 Å². The lowest BCUT2D eigenvalue weighted by atomic mass is 10.1. The third-order valence-corrected chi connectivity index (χ3v) is 4.64. The van der Waals surface area contributed by atoms with E-state index in [2.05, 4.69) is 11.6 Å². The number of anilines is 1. The number of sulfonamides is 1. The number of nitrogen functional groups attached to an aromatic ring is 1. The molecule has 2 aromatic carbocycles. The van der Waals surface area contributed by atoms with Crippen LogP contribution in [-0.2, 0) is 23.0 Å². The van der Waals surface area contributed by atoms with Crippen molar-refractivity contribution in [1.29, 1.82) is 0 Å². The Morgan fingerprint density at radius 3 is 2.10 bits per heavy atom. The van der Waals surface area contributed by atoms with Gasteiger partial charge >= 0.3 is 0 Å². The molecule has 2 rings (SSSR count). The van der Waals surface area contributed by atoms with Crippen LogP contribution >= 0.6 is 0 Å². The molecule has 0 aliphatic rings. The molecule has 2 aromatic rings. The van der Waals surface area contributed by atoms with Crippen molar-refractivity contribution in [3.63, 3.8) is 0 Å². The van der Waals surface area contributed by atoms with Crippen molar-refractivity contribution >= 4 is 15.7 Å². The molecule has 21 heavy (non-hydrogen) atoms. The van der Waals surface area contributed by atoms with Gasteiger partial charge in [-0.05, 0) is 41.8 Å². The number of nitrogens with two attached hydrogens (primary N) is 1. The maximum Gasteiger partial charge on any atom is 0.240 e. The lowest BCUT2D eigenvalue weighted by molar-refractivity contribution is 0.581. The van der Waals surface area contributed by atoms with Gasteiger partial charge in [0.1, 0.15) is 0 Å². The van der Waals surface area contributed by atoms with E-state index >= 15 is 0 Å². The van der Waals surface area contributed by atoms with Crippen LogP contribution in [0, 0.1) is 0 Å². The van der Waals surface area contributed by atoms with Gasteiger partial charge in [0.15, 0.2) is 0 Å². The number of nitrogens with one attached hydrogen (secondary N) is 1. The zero-order valence-electron chi connectivity index (χ0n) is 12.0. The van der Waals surface area contributed by atoms with E-state index in [9.17, 15) is 8.42 Å². The Labute approximate surface area is 126 Å². The Morgan fingerprint density at radius 1 is 0.952 bits per heavy atom. The minimum atomic E-state index is -3.48. The second-order valence-corrected chi connectivity index (χ2v) is 6.73. The van der Waals surface area contributed by atoms with Crippen LogP contribution in [0.3, 0.4) is 0 Å². The third-order valence-electron chi connectivity index (χ3n) is 3.22. The zero-order valence-corrected chi connectivity index (χ0v) is 12.9. The van der Waals surface area contributed by atoms with Gasteiger partial charge in [-0.1, -0.05) is 37.6 Å². The quantitative estimate of drug-likeness (QED) is 0.806. The van der Waals surface area contributed by atoms with E-state index in [1.807, 2.05) is 24.3 Å². The number of hydrogen-bond donors (Lipinski definition) is 2. The Hall–Kier alpha value is -1.85. The van der Waals surface area contributed by atoms with Gasteiger partial charge in [-0.3, -0.25) is 0 Å². The molecule has 5 heteroatoms. The molecule has 0 aliphatic carbocycles. The molecule has 4 nitrogen and oxygen atoms in total. The normalized spacial score (nSPS) is 11.5. The fourth-order valence-corrected chi connectivity index (χ4v) is 3.04. The molecule has 0 fully saturated rings. The molecule has 0 bridgehead atoms. The molecular weight excluding hydrogens is 284 g/mol. The van der Waals surface area contributed by atoms with Crippen LogP contribution in [0.5, 0.6) is 0 Å². The summed E-state index contributed by atoms with van der Waals surface area (Å²) in [4.78, 5) is 0.290. The highest BCUT2D eigenvalue weighted by Crippen LogP contribution is 2.13. The van der Waals surface area contributed by atoms with Gasteiger partial charge in [0.05, 0.1) is 4.90 Å². The van der Waals surface area contributed by atoms with Gasteiger partial charge in [-0.25, -0.2) is 13.1 Å². The van der Waals surface area contributed by atoms with E-state index in [1.165, 1.54) is 0 Å². The van der Waals surface area contributed by atoms with Crippen LogP contribution in [0.25, 0.3) is 0 Å². The molecule has 3 N–H and O–H groups in total. The molecule has 112 valence electrons. The smallest absolute Gasteiger partial charge is 0.240 e. The van der Waals surface area contributed by atoms with Gasteiger partial charge in [0.25, 0.3) is 0 Å². The average molecular weight is 304 g/mol. The van der Waals surface area contributed by atoms with Crippen LogP contribution < -0.4 is 10.5 Å². The molecule has 0 amide bonds. The van der Waals surface area contributed by atoms with Crippen molar-refractivity contribution in [2.45, 2.75) is 31.2 Å². The molecule has 0 unspecified atom stereocenters. The molecule has 0 saturated heterocycles. The van der Waals surface area contributed by atoms with Gasteiger partial charge in [0.2, 0.25) is 10.0 Å². The summed E-state index contributed by atoms with van der Waals surface area (Å²) in [6.07, 6.45) is 2.00. The van der Waals surface area contributed by atoms with E-state index in [1.54, 1.807) is 24.3 Å². The summed E-state index contributed by atoms with van der Waals surface area (Å²) in [6.45, 7) is 2.35. The largest absolute Gasteiger partial charge is 0.399 e. The van der Waals surface area contributed by atoms with Crippen LogP contribution in [0.4, 0.5) is 5.69 Å². The molecule has 0 aromatic heterocycles. The van der Waals surface area contributed by atoms with Crippen LogP contribution in [0.2, 0.25) is 0 Å². The monoisotopic (exact) mass is 304 g/mol. The van der Waals surface area contributed by atoms with Crippen molar-refractivity contribution in [3.05, 3.63) is 59.7 Å². The summed E-state index contributed by atoms with van der Waals surface area (Å²) in [5.41, 5.74) is 8.28. The molecule has 0 spiro atoms. The van der Waals surface area contributed by atoms with Crippen LogP contribution in [0.1, 0.15) is 24.5 Å². The van der Waals surface area contributed by atoms with E-state index in [-0.39, 0.29) is 11.4 Å². The summed E-state index contributed by atoms with van der Waals surface area (Å²) in [5, 5.41) is 0. The first-order valence-electron chi connectivity index (χ1n) is 6.94. The topological polar surface area (TPSA) is 72.2 Å². The first kappa shape index (κ1) is 15.5. The van der Waals surface area contributed by atoms with Crippen LogP contribution in [0.15, 0.2) is 53.4 Å². The highest BCUT2D eigenvalue weighted by molar-refractivity contribution is 7.89. The van der Waals surface area contributed by atoms with Crippen molar-refractivity contribution in [3.8, 4) is 0 Å². The number of benzene rings is 2. The SMILES string of the molecule is CCCc1ccc(S(=O)(=O)NCc2ccc(N)cc2)cc1. The third kappa shape index (κ3) is 4.31. The number of rotatable bonds is 6. The van der Waals surface area contributed by atoms with Crippen molar-refractivity contribution < 1.29 is 8.42 Å². The first-order chi connectivity index (χ1) is 10.0. The minimum absolute atomic E-state index is 0.249. The van der Waals surface area contributed by atoms with Crippen molar-refractivity contribution in [2.24, 2.45) is 0 Å². The zero-order chi connectivity index (χ0) is 15.3. The summed E-state index contributed by atoms with van der Waals surface area (Å²) >= 11 is 0. The predicted molar refractivity (Wildman–Crippen MR) is 85.3 cm³/mol. The second kappa shape index (κ2) is 6.74. The summed E-state index contributed by atoms with van der Waals surface area (Å²) in [5.74, 6) is 0. The van der Waals surface area contributed by atoms with Gasteiger partial charge in [-0.15, -0.1) is 0 Å². The second-order valence-electron chi connectivity index (χ2n) is 4.96. The fourth-order valence-electron chi connectivity index (χ4n) is 2.02. The molecular formula is C16H20N2O2S. The first-order valence-corrected chi connectivity index (χ1v) is 8.42. The minimum Gasteiger partial charge on any atom is -0.399 e. The summed E-state index contributed by atoms with van der Waals surface area (Å²) in [7, 11) is -3.48. The molecule has 0 atom stereocenters. The van der Waals surface area contributed by atoms with Gasteiger partial charge < -0.3 is 5.73 Å². The highest BCUT2D eigenvalue weighted by atomic mass is 32.2. The Bertz CT molecular complexity index is 677. The lowest BCUT2D eigenvalue weighted by Crippen LogP contribution is -2.23. The van der Waals surface area contributed by atoms with Crippen molar-refractivity contribution in [2.75, 3.05) is 5.73 Å². The summed E-state index contributed by atoms with van der Waals surface area (Å²) < 4.78 is 27.0. The Balaban J connectivity index is 2.05. The van der Waals surface area contributed by atoms with Gasteiger partial charge in [0, 0.05) is 12.2 Å². The maximum absolute atomic E-state index is 12.2. The molecule has 0 heterocycles. The predicted octanol–water partition coefficient (Wildman–Crippen LogP) is 2.70. The number of aryl methyl sites for hydroxylation is 1. The van der Waals surface area contributed by atoms with E-state index in [4.69, 9.17) is 5.73 Å². The highest BCUT2D eigenvalue weighted by Gasteiger charge is 2.13. The summed E-state index contributed by atoms with van der Waals surface area (Å²) in [6, 6.07) is 14.1. The van der Waals surface area contributed by atoms with E-state index < -0.39 is 10.0 Å².